The van der Waals surface area contributed by atoms with Gasteiger partial charge in [0.05, 0.1) is 10.6 Å². The van der Waals surface area contributed by atoms with Gasteiger partial charge in [-0.3, -0.25) is 14.0 Å². The Hall–Kier alpha value is -2.38. The molecule has 6 nitrogen and oxygen atoms in total. The Balaban J connectivity index is 1.68. The zero-order valence-electron chi connectivity index (χ0n) is 17.3. The number of carbonyl (C=O) groups excluding carboxylic acids is 1. The predicted octanol–water partition coefficient (Wildman–Crippen LogP) is 2.93. The van der Waals surface area contributed by atoms with Crippen molar-refractivity contribution >= 4 is 21.6 Å². The first-order chi connectivity index (χ1) is 13.8. The number of piperazine rings is 1. The van der Waals surface area contributed by atoms with Crippen molar-refractivity contribution in [1.29, 1.82) is 0 Å². The van der Waals surface area contributed by atoms with Crippen molar-refractivity contribution in [3.63, 3.8) is 0 Å². The number of anilines is 1. The largest absolute Gasteiger partial charge is 0.336 e. The number of carbonyl (C=O) groups is 1. The highest BCUT2D eigenvalue weighted by Gasteiger charge is 2.24. The van der Waals surface area contributed by atoms with E-state index in [1.807, 2.05) is 11.0 Å². The minimum Gasteiger partial charge on any atom is -0.336 e. The molecule has 29 heavy (non-hydrogen) atoms. The number of rotatable bonds is 6. The molecule has 0 spiro atoms. The first-order valence-electron chi connectivity index (χ1n) is 9.94. The Kier molecular flexibility index (Phi) is 6.59. The van der Waals surface area contributed by atoms with Crippen LogP contribution >= 0.6 is 0 Å². The van der Waals surface area contributed by atoms with Crippen LogP contribution in [-0.2, 0) is 10.0 Å². The van der Waals surface area contributed by atoms with Crippen molar-refractivity contribution in [3.05, 3.63) is 60.2 Å². The summed E-state index contributed by atoms with van der Waals surface area (Å²) in [6, 6.07) is 15.2. The van der Waals surface area contributed by atoms with Crippen LogP contribution in [0.4, 0.5) is 5.69 Å². The first-order valence-corrected chi connectivity index (χ1v) is 11.4. The third-order valence-corrected chi connectivity index (χ3v) is 6.96. The summed E-state index contributed by atoms with van der Waals surface area (Å²) in [6.07, 6.45) is 0. The molecule has 0 N–H and O–H groups in total. The van der Waals surface area contributed by atoms with Crippen LogP contribution < -0.4 is 4.31 Å². The average Bonchev–Trinajstić information content (AvgIpc) is 2.73. The van der Waals surface area contributed by atoms with Crippen molar-refractivity contribution in [2.24, 2.45) is 5.92 Å². The molecule has 156 valence electrons. The van der Waals surface area contributed by atoms with Crippen molar-refractivity contribution in [2.75, 3.05) is 44.1 Å². The minimum absolute atomic E-state index is 0.0467. The van der Waals surface area contributed by atoms with Gasteiger partial charge in [0.2, 0.25) is 0 Å². The highest BCUT2D eigenvalue weighted by molar-refractivity contribution is 7.92. The van der Waals surface area contributed by atoms with E-state index in [2.05, 4.69) is 18.7 Å². The van der Waals surface area contributed by atoms with E-state index in [1.165, 1.54) is 23.5 Å². The van der Waals surface area contributed by atoms with Crippen LogP contribution in [0, 0.1) is 5.92 Å². The van der Waals surface area contributed by atoms with Gasteiger partial charge in [-0.1, -0.05) is 32.0 Å². The molecular weight excluding hydrogens is 386 g/mol. The van der Waals surface area contributed by atoms with Gasteiger partial charge in [-0.2, -0.15) is 0 Å². The van der Waals surface area contributed by atoms with Crippen LogP contribution in [0.1, 0.15) is 24.2 Å². The minimum atomic E-state index is -3.68. The normalized spacial score (nSPS) is 15.5. The monoisotopic (exact) mass is 415 g/mol. The number of amides is 1. The van der Waals surface area contributed by atoms with E-state index in [9.17, 15) is 13.2 Å². The molecule has 0 saturated carbocycles. The summed E-state index contributed by atoms with van der Waals surface area (Å²) < 4.78 is 27.0. The second-order valence-corrected chi connectivity index (χ2v) is 9.79. The summed E-state index contributed by atoms with van der Waals surface area (Å²) in [4.78, 5) is 17.2. The Morgan fingerprint density at radius 1 is 0.966 bits per heavy atom. The molecule has 1 aliphatic rings. The van der Waals surface area contributed by atoms with E-state index in [0.29, 0.717) is 30.3 Å². The molecule has 0 aliphatic carbocycles. The average molecular weight is 416 g/mol. The van der Waals surface area contributed by atoms with Gasteiger partial charge >= 0.3 is 0 Å². The summed E-state index contributed by atoms with van der Waals surface area (Å²) >= 11 is 0. The maximum absolute atomic E-state index is 12.9. The van der Waals surface area contributed by atoms with E-state index in [0.717, 1.165) is 19.6 Å². The summed E-state index contributed by atoms with van der Waals surface area (Å²) in [5, 5.41) is 0. The second-order valence-electron chi connectivity index (χ2n) is 7.82. The van der Waals surface area contributed by atoms with E-state index >= 15 is 0 Å². The number of hydrogen-bond donors (Lipinski definition) is 0. The molecule has 0 atom stereocenters. The van der Waals surface area contributed by atoms with E-state index in [1.54, 1.807) is 36.4 Å². The maximum atomic E-state index is 12.9. The van der Waals surface area contributed by atoms with Gasteiger partial charge < -0.3 is 4.90 Å². The van der Waals surface area contributed by atoms with Gasteiger partial charge in [-0.25, -0.2) is 8.42 Å². The van der Waals surface area contributed by atoms with Crippen molar-refractivity contribution in [2.45, 2.75) is 18.7 Å². The molecule has 0 radical (unpaired) electrons. The van der Waals surface area contributed by atoms with Crippen molar-refractivity contribution < 1.29 is 13.2 Å². The lowest BCUT2D eigenvalue weighted by Gasteiger charge is -2.35. The Morgan fingerprint density at radius 2 is 1.55 bits per heavy atom. The van der Waals surface area contributed by atoms with Crippen LogP contribution in [0.25, 0.3) is 0 Å². The summed E-state index contributed by atoms with van der Waals surface area (Å²) in [5.41, 5.74) is 1.11. The zero-order valence-corrected chi connectivity index (χ0v) is 18.1. The van der Waals surface area contributed by atoms with Gasteiger partial charge in [-0.05, 0) is 42.3 Å². The molecular formula is C22H29N3O3S. The lowest BCUT2D eigenvalue weighted by molar-refractivity contribution is 0.0623. The molecule has 0 bridgehead atoms. The molecule has 1 saturated heterocycles. The fourth-order valence-electron chi connectivity index (χ4n) is 3.54. The molecule has 0 aromatic heterocycles. The fourth-order valence-corrected chi connectivity index (χ4v) is 4.73. The van der Waals surface area contributed by atoms with Crippen LogP contribution in [0.15, 0.2) is 59.5 Å². The summed E-state index contributed by atoms with van der Waals surface area (Å²) in [5.74, 6) is 0.565. The number of para-hydroxylation sites is 1. The third-order valence-electron chi connectivity index (χ3n) is 5.16. The van der Waals surface area contributed by atoms with Crippen LogP contribution in [0.2, 0.25) is 0 Å². The molecule has 1 aliphatic heterocycles. The van der Waals surface area contributed by atoms with Crippen LogP contribution in [0.5, 0.6) is 0 Å². The second kappa shape index (κ2) is 8.97. The topological polar surface area (TPSA) is 60.9 Å². The van der Waals surface area contributed by atoms with E-state index in [4.69, 9.17) is 0 Å². The maximum Gasteiger partial charge on any atom is 0.264 e. The van der Waals surface area contributed by atoms with Crippen molar-refractivity contribution in [3.8, 4) is 0 Å². The molecule has 3 rings (SSSR count). The fraction of sp³-hybridized carbons (Fsp3) is 0.409. The lowest BCUT2D eigenvalue weighted by atomic mass is 10.1. The number of sulfonamides is 1. The van der Waals surface area contributed by atoms with Gasteiger partial charge in [0.1, 0.15) is 0 Å². The molecule has 2 aromatic rings. The van der Waals surface area contributed by atoms with E-state index in [-0.39, 0.29) is 10.8 Å². The lowest BCUT2D eigenvalue weighted by Crippen LogP contribution is -2.49. The van der Waals surface area contributed by atoms with Gasteiger partial charge in [0, 0.05) is 45.3 Å². The van der Waals surface area contributed by atoms with Crippen LogP contribution in [-0.4, -0.2) is 63.9 Å². The van der Waals surface area contributed by atoms with Gasteiger partial charge in [-0.15, -0.1) is 0 Å². The third kappa shape index (κ3) is 4.97. The molecule has 7 heteroatoms. The highest BCUT2D eigenvalue weighted by Crippen LogP contribution is 2.22. The summed E-state index contributed by atoms with van der Waals surface area (Å²) in [6.45, 7) is 8.58. The smallest absolute Gasteiger partial charge is 0.264 e. The SMILES string of the molecule is CC(C)CN1CCN(C(=O)c2ccc(S(=O)(=O)N(C)c3ccccc3)cc2)CC1. The standard InChI is InChI=1S/C22H29N3O3S/c1-18(2)17-24-13-15-25(16-14-24)22(26)19-9-11-21(12-10-19)29(27,28)23(3)20-7-5-4-6-8-20/h4-12,18H,13-17H2,1-3H3. The highest BCUT2D eigenvalue weighted by atomic mass is 32.2. The first kappa shape index (κ1) is 21.3. The van der Waals surface area contributed by atoms with Crippen molar-refractivity contribution in [1.82, 2.24) is 9.80 Å². The zero-order chi connectivity index (χ0) is 21.0. The van der Waals surface area contributed by atoms with E-state index < -0.39 is 10.0 Å². The van der Waals surface area contributed by atoms with Gasteiger partial charge in [0.15, 0.2) is 0 Å². The quantitative estimate of drug-likeness (QED) is 0.728. The Labute approximate surface area is 173 Å². The van der Waals surface area contributed by atoms with Gasteiger partial charge in [0.25, 0.3) is 15.9 Å². The molecule has 1 fully saturated rings. The number of hydrogen-bond acceptors (Lipinski definition) is 4. The summed E-state index contributed by atoms with van der Waals surface area (Å²) in [7, 11) is -2.15. The molecule has 1 amide bonds. The van der Waals surface area contributed by atoms with Crippen LogP contribution in [0.3, 0.4) is 0 Å². The molecule has 1 heterocycles. The Morgan fingerprint density at radius 3 is 2.10 bits per heavy atom. The number of benzene rings is 2. The number of nitrogens with zero attached hydrogens (tertiary/aromatic N) is 3. The molecule has 0 unspecified atom stereocenters. The molecule has 2 aromatic carbocycles. The Bertz CT molecular complexity index is 920. The predicted molar refractivity (Wildman–Crippen MR) is 116 cm³/mol.